The molecule has 1 aromatic carbocycles. The minimum Gasteiger partial charge on any atom is -0.370 e. The highest BCUT2D eigenvalue weighted by atomic mass is 19.2. The fraction of sp³-hybridized carbons (Fsp3) is 0.304. The number of hydrogen-bond donors (Lipinski definition) is 0. The summed E-state index contributed by atoms with van der Waals surface area (Å²) in [6, 6.07) is 5.57. The second kappa shape index (κ2) is 8.04. The van der Waals surface area contributed by atoms with E-state index < -0.39 is 11.6 Å². The number of hydrogen-bond acceptors (Lipinski definition) is 6. The number of anilines is 1. The summed E-state index contributed by atoms with van der Waals surface area (Å²) >= 11 is 0. The molecule has 5 rings (SSSR count). The molecule has 170 valence electrons. The molecule has 3 aromatic heterocycles. The van der Waals surface area contributed by atoms with Crippen molar-refractivity contribution in [3.8, 4) is 11.3 Å². The number of ether oxygens (including phenoxy) is 1. The summed E-state index contributed by atoms with van der Waals surface area (Å²) in [5.74, 6) is -1.04. The van der Waals surface area contributed by atoms with Gasteiger partial charge in [-0.2, -0.15) is 5.10 Å². The number of rotatable bonds is 3. The van der Waals surface area contributed by atoms with Crippen LogP contribution in [0.2, 0.25) is 0 Å². The lowest BCUT2D eigenvalue weighted by Crippen LogP contribution is -2.39. The number of benzene rings is 1. The first-order valence-corrected chi connectivity index (χ1v) is 10.5. The van der Waals surface area contributed by atoms with Crippen LogP contribution in [0.1, 0.15) is 17.5 Å². The number of morpholine rings is 1. The monoisotopic (exact) mass is 452 g/mol. The highest BCUT2D eigenvalue weighted by molar-refractivity contribution is 5.93. The lowest BCUT2D eigenvalue weighted by Gasteiger charge is -2.33. The minimum absolute atomic E-state index is 0.0667. The highest BCUT2D eigenvalue weighted by Crippen LogP contribution is 2.32. The van der Waals surface area contributed by atoms with Gasteiger partial charge >= 0.3 is 0 Å². The van der Waals surface area contributed by atoms with Crippen molar-refractivity contribution in [2.24, 2.45) is 14.1 Å². The fourth-order valence-electron chi connectivity index (χ4n) is 4.09. The predicted octanol–water partition coefficient (Wildman–Crippen LogP) is 2.89. The van der Waals surface area contributed by atoms with E-state index in [1.807, 2.05) is 18.1 Å². The summed E-state index contributed by atoms with van der Waals surface area (Å²) in [6.07, 6.45) is 3.42. The van der Waals surface area contributed by atoms with Crippen LogP contribution in [0, 0.1) is 18.6 Å². The second-order valence-corrected chi connectivity index (χ2v) is 8.10. The lowest BCUT2D eigenvalue weighted by atomic mass is 10.1. The van der Waals surface area contributed by atoms with Gasteiger partial charge in [0, 0.05) is 50.6 Å². The lowest BCUT2D eigenvalue weighted by molar-refractivity contribution is 0.0395. The van der Waals surface area contributed by atoms with E-state index in [9.17, 15) is 13.6 Å². The van der Waals surface area contributed by atoms with E-state index in [1.54, 1.807) is 30.9 Å². The van der Waals surface area contributed by atoms with E-state index in [-0.39, 0.29) is 28.3 Å². The van der Waals surface area contributed by atoms with Gasteiger partial charge in [0.2, 0.25) is 0 Å². The number of nitrogens with zero attached hydrogens (tertiary/aromatic N) is 6. The summed E-state index contributed by atoms with van der Waals surface area (Å²) in [7, 11) is 3.42. The van der Waals surface area contributed by atoms with Crippen LogP contribution in [-0.4, -0.2) is 44.0 Å². The molecule has 0 N–H and O–H groups in total. The molecular weight excluding hydrogens is 430 g/mol. The number of fused-ring (bicyclic) bond motifs is 1. The molecule has 4 aromatic rings. The minimum atomic E-state index is -1.05. The molecule has 8 nitrogen and oxygen atoms in total. The molecule has 1 aliphatic rings. The first-order chi connectivity index (χ1) is 15.8. The van der Waals surface area contributed by atoms with Crippen molar-refractivity contribution in [1.29, 1.82) is 0 Å². The van der Waals surface area contributed by atoms with E-state index in [1.165, 1.54) is 16.7 Å². The Morgan fingerprint density at radius 3 is 2.76 bits per heavy atom. The van der Waals surface area contributed by atoms with Crippen molar-refractivity contribution in [3.05, 3.63) is 70.0 Å². The van der Waals surface area contributed by atoms with E-state index in [0.29, 0.717) is 36.9 Å². The van der Waals surface area contributed by atoms with Gasteiger partial charge in [0.05, 0.1) is 29.4 Å². The molecule has 10 heteroatoms. The molecule has 0 bridgehead atoms. The van der Waals surface area contributed by atoms with Crippen molar-refractivity contribution in [2.45, 2.75) is 13.0 Å². The van der Waals surface area contributed by atoms with Gasteiger partial charge in [-0.1, -0.05) is 6.07 Å². The van der Waals surface area contributed by atoms with E-state index in [0.717, 1.165) is 11.6 Å². The van der Waals surface area contributed by atoms with E-state index >= 15 is 0 Å². The Balaban J connectivity index is 1.68. The van der Waals surface area contributed by atoms with Gasteiger partial charge < -0.3 is 9.64 Å². The molecule has 0 unspecified atom stereocenters. The van der Waals surface area contributed by atoms with Gasteiger partial charge in [-0.3, -0.25) is 14.0 Å². The zero-order chi connectivity index (χ0) is 23.3. The maximum absolute atomic E-state index is 14.8. The predicted molar refractivity (Wildman–Crippen MR) is 119 cm³/mol. The first-order valence-electron chi connectivity index (χ1n) is 10.5. The summed E-state index contributed by atoms with van der Waals surface area (Å²) in [5.41, 5.74) is 0.926. The molecule has 0 spiro atoms. The Bertz CT molecular complexity index is 1430. The molecule has 1 saturated heterocycles. The molecule has 1 aliphatic heterocycles. The first kappa shape index (κ1) is 21.2. The Hall–Kier alpha value is -3.66. The van der Waals surface area contributed by atoms with Gasteiger partial charge in [0.25, 0.3) is 5.56 Å². The molecule has 0 radical (unpaired) electrons. The smallest absolute Gasteiger partial charge is 0.263 e. The Morgan fingerprint density at radius 1 is 1.18 bits per heavy atom. The van der Waals surface area contributed by atoms with Crippen molar-refractivity contribution < 1.29 is 13.5 Å². The number of aromatic nitrogens is 5. The number of pyridine rings is 1. The quantitative estimate of drug-likeness (QED) is 0.476. The van der Waals surface area contributed by atoms with Crippen LogP contribution < -0.4 is 10.5 Å². The molecule has 1 atom stereocenters. The maximum atomic E-state index is 14.8. The van der Waals surface area contributed by atoms with Gasteiger partial charge in [-0.05, 0) is 19.1 Å². The van der Waals surface area contributed by atoms with Crippen LogP contribution in [0.5, 0.6) is 0 Å². The van der Waals surface area contributed by atoms with Crippen LogP contribution in [0.15, 0.2) is 41.5 Å². The summed E-state index contributed by atoms with van der Waals surface area (Å²) < 4.78 is 37.9. The third-order valence-corrected chi connectivity index (χ3v) is 5.97. The van der Waals surface area contributed by atoms with Crippen LogP contribution in [0.4, 0.5) is 14.6 Å². The summed E-state index contributed by atoms with van der Waals surface area (Å²) in [5, 5.41) is 4.35. The second-order valence-electron chi connectivity index (χ2n) is 8.10. The molecular formula is C23H22F2N6O2. The number of halogens is 2. The van der Waals surface area contributed by atoms with Crippen molar-refractivity contribution in [3.63, 3.8) is 0 Å². The van der Waals surface area contributed by atoms with Gasteiger partial charge in [0.15, 0.2) is 11.6 Å². The fourth-order valence-corrected chi connectivity index (χ4v) is 4.09. The average molecular weight is 452 g/mol. The third-order valence-electron chi connectivity index (χ3n) is 5.97. The van der Waals surface area contributed by atoms with Crippen molar-refractivity contribution in [1.82, 2.24) is 24.3 Å². The van der Waals surface area contributed by atoms with Crippen LogP contribution in [0.25, 0.3) is 22.2 Å². The molecule has 0 aliphatic carbocycles. The van der Waals surface area contributed by atoms with Crippen LogP contribution >= 0.6 is 0 Å². The SMILES string of the molecule is Cc1nc2cc(N3CCO[C@H](c4cnn(C)c4)C3)nc(-c3cccc(F)c3F)c2c(=O)n1C. The summed E-state index contributed by atoms with van der Waals surface area (Å²) in [4.78, 5) is 24.3. The van der Waals surface area contributed by atoms with Gasteiger partial charge in [-0.25, -0.2) is 18.7 Å². The standard InChI is InChI=1S/C23H22F2N6O2/c1-13-27-17-9-19(31-7-8-33-18(12-31)14-10-26-29(2)11-14)28-22(20(17)23(32)30(13)3)15-5-4-6-16(24)21(15)25/h4-6,9-11,18H,7-8,12H2,1-3H3/t18-/m0/s1. The van der Waals surface area contributed by atoms with Crippen LogP contribution in [0.3, 0.4) is 0 Å². The van der Waals surface area contributed by atoms with Gasteiger partial charge in [-0.15, -0.1) is 0 Å². The normalized spacial score (nSPS) is 16.5. The van der Waals surface area contributed by atoms with E-state index in [4.69, 9.17) is 4.74 Å². The molecule has 1 fully saturated rings. The largest absolute Gasteiger partial charge is 0.370 e. The van der Waals surface area contributed by atoms with Gasteiger partial charge in [0.1, 0.15) is 17.7 Å². The van der Waals surface area contributed by atoms with Crippen LogP contribution in [-0.2, 0) is 18.8 Å². The third kappa shape index (κ3) is 3.66. The van der Waals surface area contributed by atoms with Crippen molar-refractivity contribution >= 4 is 16.7 Å². The van der Waals surface area contributed by atoms with Crippen molar-refractivity contribution in [2.75, 3.05) is 24.6 Å². The summed E-state index contributed by atoms with van der Waals surface area (Å²) in [6.45, 7) is 3.20. The van der Waals surface area contributed by atoms with E-state index in [2.05, 4.69) is 15.1 Å². The molecule has 0 saturated carbocycles. The molecule has 33 heavy (non-hydrogen) atoms. The Labute approximate surface area is 188 Å². The topological polar surface area (TPSA) is 78.1 Å². The average Bonchev–Trinajstić information content (AvgIpc) is 3.25. The number of aryl methyl sites for hydroxylation is 2. The molecule has 4 heterocycles. The highest BCUT2D eigenvalue weighted by Gasteiger charge is 2.26. The zero-order valence-corrected chi connectivity index (χ0v) is 18.4. The maximum Gasteiger partial charge on any atom is 0.263 e. The Morgan fingerprint density at radius 2 is 2.00 bits per heavy atom. The Kier molecular flexibility index (Phi) is 5.16. The zero-order valence-electron chi connectivity index (χ0n) is 18.4. The molecule has 0 amide bonds.